The number of nitrogens with zero attached hydrogens (tertiary/aromatic N) is 2. The lowest BCUT2D eigenvalue weighted by Crippen LogP contribution is -2.68. The highest BCUT2D eigenvalue weighted by Gasteiger charge is 2.52. The van der Waals surface area contributed by atoms with E-state index in [-0.39, 0.29) is 18.4 Å². The lowest BCUT2D eigenvalue weighted by Gasteiger charge is -2.54. The fourth-order valence-electron chi connectivity index (χ4n) is 6.29. The highest BCUT2D eigenvalue weighted by atomic mass is 19.1. The van der Waals surface area contributed by atoms with E-state index in [1.807, 2.05) is 54.6 Å². The van der Waals surface area contributed by atoms with Crippen molar-refractivity contribution in [1.29, 1.82) is 0 Å². The smallest absolute Gasteiger partial charge is 0.409 e. The fourth-order valence-corrected chi connectivity index (χ4v) is 6.29. The van der Waals surface area contributed by atoms with Crippen LogP contribution in [0.25, 0.3) is 0 Å². The summed E-state index contributed by atoms with van der Waals surface area (Å²) in [6.45, 7) is 2.06. The van der Waals surface area contributed by atoms with Gasteiger partial charge in [0.1, 0.15) is 17.3 Å². The van der Waals surface area contributed by atoms with Crippen LogP contribution in [-0.2, 0) is 30.6 Å². The molecule has 2 aliphatic heterocycles. The number of ketones is 1. The van der Waals surface area contributed by atoms with Crippen molar-refractivity contribution in [3.05, 3.63) is 106 Å². The Morgan fingerprint density at radius 1 is 1.00 bits per heavy atom. The van der Waals surface area contributed by atoms with E-state index in [0.29, 0.717) is 44.2 Å². The van der Waals surface area contributed by atoms with Crippen molar-refractivity contribution in [2.24, 2.45) is 0 Å². The van der Waals surface area contributed by atoms with Crippen LogP contribution >= 0.6 is 0 Å². The summed E-state index contributed by atoms with van der Waals surface area (Å²) < 4.78 is 14.8. The van der Waals surface area contributed by atoms with Crippen molar-refractivity contribution in [3.8, 4) is 0 Å². The van der Waals surface area contributed by atoms with Gasteiger partial charge in [-0.1, -0.05) is 60.7 Å². The Kier molecular flexibility index (Phi) is 7.87. The zero-order chi connectivity index (χ0) is 28.3. The summed E-state index contributed by atoms with van der Waals surface area (Å²) in [5.74, 6) is -0.344. The second-order valence-electron chi connectivity index (χ2n) is 10.8. The number of carboxylic acid groups (broad SMARTS) is 1. The number of piperidine rings is 1. The minimum Gasteiger partial charge on any atom is -0.465 e. The average molecular weight is 544 g/mol. The number of nitrogens with one attached hydrogen (secondary N) is 1. The second-order valence-corrected chi connectivity index (χ2v) is 10.8. The van der Waals surface area contributed by atoms with Crippen molar-refractivity contribution in [2.75, 3.05) is 6.54 Å². The fraction of sp³-hybridized carbons (Fsp3) is 0.344. The third kappa shape index (κ3) is 5.57. The van der Waals surface area contributed by atoms with E-state index in [1.165, 1.54) is 17.0 Å². The van der Waals surface area contributed by atoms with Gasteiger partial charge in [0.25, 0.3) is 0 Å². The number of carbonyl (C=O) groups is 3. The summed E-state index contributed by atoms with van der Waals surface area (Å²) in [5.41, 5.74) is 2.99. The van der Waals surface area contributed by atoms with Crippen LogP contribution in [0.3, 0.4) is 0 Å². The maximum atomic E-state index is 14.8. The molecular formula is C32H34FN3O4. The van der Waals surface area contributed by atoms with Gasteiger partial charge >= 0.3 is 12.1 Å². The van der Waals surface area contributed by atoms with Crippen LogP contribution in [0.5, 0.6) is 0 Å². The average Bonchev–Trinajstić information content (AvgIpc) is 3.06. The van der Waals surface area contributed by atoms with E-state index in [4.69, 9.17) is 0 Å². The molecule has 5 rings (SSSR count). The summed E-state index contributed by atoms with van der Waals surface area (Å²) in [6.07, 6.45) is 1.83. The first-order valence-corrected chi connectivity index (χ1v) is 13.7. The Balaban J connectivity index is 1.66. The molecule has 0 bridgehead atoms. The van der Waals surface area contributed by atoms with Crippen molar-refractivity contribution < 1.29 is 23.9 Å². The van der Waals surface area contributed by atoms with Crippen LogP contribution in [0.15, 0.2) is 72.8 Å². The molecule has 0 aromatic heterocycles. The summed E-state index contributed by atoms with van der Waals surface area (Å²) in [6, 6.07) is 20.8. The highest BCUT2D eigenvalue weighted by Crippen LogP contribution is 2.43. The SMILES string of the molecule is CC(=O)Cc1ccc(CC2c3cc(F)ccc3CNC(=O)N2C2(Cc3ccccc3)CCCCN2C(=O)O)cc1. The number of halogens is 1. The largest absolute Gasteiger partial charge is 0.465 e. The zero-order valence-corrected chi connectivity index (χ0v) is 22.6. The van der Waals surface area contributed by atoms with Crippen molar-refractivity contribution >= 4 is 17.9 Å². The van der Waals surface area contributed by atoms with Gasteiger partial charge in [-0.15, -0.1) is 0 Å². The monoisotopic (exact) mass is 543 g/mol. The van der Waals surface area contributed by atoms with Crippen LogP contribution in [0, 0.1) is 5.82 Å². The molecule has 0 aliphatic carbocycles. The number of carbonyl (C=O) groups excluding carboxylic acids is 2. The minimum absolute atomic E-state index is 0.0673. The molecule has 3 amide bonds. The second kappa shape index (κ2) is 11.5. The Morgan fingerprint density at radius 2 is 1.73 bits per heavy atom. The molecule has 0 saturated carbocycles. The lowest BCUT2D eigenvalue weighted by molar-refractivity contribution is -0.116. The molecule has 2 atom stereocenters. The van der Waals surface area contributed by atoms with Crippen LogP contribution in [0.4, 0.5) is 14.0 Å². The molecule has 40 heavy (non-hydrogen) atoms. The third-order valence-corrected chi connectivity index (χ3v) is 8.05. The number of rotatable bonds is 7. The standard InChI is InChI=1S/C32H34FN3O4/c1-22(37)17-23-9-11-24(12-10-23)18-29-28-19-27(33)14-13-26(28)21-34-30(38)36(29)32(20-25-7-3-2-4-8-25)15-5-6-16-35(32)31(39)40/h2-4,7-14,19,29H,5-6,15-18,20-21H2,1H3,(H,34,38)(H,39,40). The molecular weight excluding hydrogens is 509 g/mol. The molecule has 0 radical (unpaired) electrons. The topological polar surface area (TPSA) is 90.0 Å². The van der Waals surface area contributed by atoms with Gasteiger partial charge in [-0.2, -0.15) is 0 Å². The van der Waals surface area contributed by atoms with E-state index >= 15 is 0 Å². The number of urea groups is 1. The predicted molar refractivity (Wildman–Crippen MR) is 149 cm³/mol. The Bertz CT molecular complexity index is 1400. The van der Waals surface area contributed by atoms with E-state index < -0.39 is 23.6 Å². The zero-order valence-electron chi connectivity index (χ0n) is 22.6. The molecule has 3 aromatic rings. The number of fused-ring (bicyclic) bond motifs is 1. The number of hydrogen-bond acceptors (Lipinski definition) is 3. The van der Waals surface area contributed by atoms with Gasteiger partial charge < -0.3 is 10.4 Å². The summed E-state index contributed by atoms with van der Waals surface area (Å²) >= 11 is 0. The van der Waals surface area contributed by atoms with Crippen LogP contribution in [0.2, 0.25) is 0 Å². The first-order chi connectivity index (χ1) is 19.3. The maximum Gasteiger partial charge on any atom is 0.409 e. The molecule has 2 unspecified atom stereocenters. The summed E-state index contributed by atoms with van der Waals surface area (Å²) in [5, 5.41) is 13.4. The van der Waals surface area contributed by atoms with Gasteiger partial charge in [-0.05, 0) is 72.6 Å². The van der Waals surface area contributed by atoms with Crippen LogP contribution < -0.4 is 5.32 Å². The molecule has 7 nitrogen and oxygen atoms in total. The Morgan fingerprint density at radius 3 is 2.42 bits per heavy atom. The summed E-state index contributed by atoms with van der Waals surface area (Å²) in [4.78, 5) is 41.5. The van der Waals surface area contributed by atoms with E-state index in [9.17, 15) is 23.9 Å². The summed E-state index contributed by atoms with van der Waals surface area (Å²) in [7, 11) is 0. The molecule has 3 aromatic carbocycles. The van der Waals surface area contributed by atoms with Crippen LogP contribution in [0.1, 0.15) is 60.0 Å². The number of Topliss-reactive ketones (excluding diaryl/α,β-unsaturated/α-hetero) is 1. The van der Waals surface area contributed by atoms with Crippen LogP contribution in [-0.4, -0.2) is 45.0 Å². The van der Waals surface area contributed by atoms with Gasteiger partial charge in [0.15, 0.2) is 0 Å². The lowest BCUT2D eigenvalue weighted by atomic mass is 9.84. The molecule has 1 fully saturated rings. The molecule has 1 saturated heterocycles. The number of likely N-dealkylation sites (tertiary alicyclic amines) is 1. The van der Waals surface area contributed by atoms with E-state index in [1.54, 1.807) is 17.9 Å². The van der Waals surface area contributed by atoms with Crippen molar-refractivity contribution in [1.82, 2.24) is 15.1 Å². The van der Waals surface area contributed by atoms with Gasteiger partial charge in [0.2, 0.25) is 0 Å². The first-order valence-electron chi connectivity index (χ1n) is 13.7. The van der Waals surface area contributed by atoms with Gasteiger partial charge in [-0.25, -0.2) is 14.0 Å². The third-order valence-electron chi connectivity index (χ3n) is 8.05. The quantitative estimate of drug-likeness (QED) is 0.390. The van der Waals surface area contributed by atoms with Gasteiger partial charge in [0.05, 0.1) is 6.04 Å². The molecule has 2 aliphatic rings. The Labute approximate surface area is 233 Å². The highest BCUT2D eigenvalue weighted by molar-refractivity contribution is 5.79. The predicted octanol–water partition coefficient (Wildman–Crippen LogP) is 5.87. The van der Waals surface area contributed by atoms with Gasteiger partial charge in [0, 0.05) is 25.9 Å². The molecule has 2 heterocycles. The van der Waals surface area contributed by atoms with Crippen molar-refractivity contribution in [3.63, 3.8) is 0 Å². The molecule has 208 valence electrons. The van der Waals surface area contributed by atoms with Gasteiger partial charge in [-0.3, -0.25) is 14.6 Å². The van der Waals surface area contributed by atoms with Crippen molar-refractivity contribution in [2.45, 2.75) is 63.7 Å². The normalized spacial score (nSPS) is 20.9. The Hall–Kier alpha value is -4.20. The number of hydrogen-bond donors (Lipinski definition) is 2. The minimum atomic E-state index is -1.18. The number of amides is 3. The molecule has 0 spiro atoms. The first kappa shape index (κ1) is 27.4. The van der Waals surface area contributed by atoms with E-state index in [0.717, 1.165) is 28.7 Å². The number of benzene rings is 3. The van der Waals surface area contributed by atoms with E-state index in [2.05, 4.69) is 5.32 Å². The molecule has 8 heteroatoms. The maximum absolute atomic E-state index is 14.8. The molecule has 2 N–H and O–H groups in total.